The SMILES string of the molecule is Cc1ccc2ncnc(N[C@H]3CC[C@H](NCC4CC4)CC3)c2c1. The summed E-state index contributed by atoms with van der Waals surface area (Å²) in [5.74, 6) is 1.97. The van der Waals surface area contributed by atoms with Crippen LogP contribution in [-0.4, -0.2) is 28.6 Å². The van der Waals surface area contributed by atoms with Crippen LogP contribution < -0.4 is 10.6 Å². The molecule has 1 aromatic heterocycles. The van der Waals surface area contributed by atoms with Crippen LogP contribution in [0.1, 0.15) is 44.1 Å². The van der Waals surface area contributed by atoms with Crippen LogP contribution in [0.25, 0.3) is 10.9 Å². The average molecular weight is 310 g/mol. The number of aromatic nitrogens is 2. The van der Waals surface area contributed by atoms with E-state index in [1.165, 1.54) is 50.6 Å². The Bertz CT molecular complexity index is 672. The molecule has 4 heteroatoms. The van der Waals surface area contributed by atoms with E-state index in [4.69, 9.17) is 0 Å². The summed E-state index contributed by atoms with van der Waals surface area (Å²) in [7, 11) is 0. The Morgan fingerprint density at radius 3 is 2.57 bits per heavy atom. The van der Waals surface area contributed by atoms with Crippen molar-refractivity contribution >= 4 is 16.7 Å². The molecule has 2 saturated carbocycles. The maximum atomic E-state index is 4.49. The lowest BCUT2D eigenvalue weighted by molar-refractivity contribution is 0.350. The third-order valence-corrected chi connectivity index (χ3v) is 5.25. The molecule has 2 fully saturated rings. The van der Waals surface area contributed by atoms with Gasteiger partial charge in [0, 0.05) is 17.5 Å². The zero-order valence-corrected chi connectivity index (χ0v) is 13.9. The van der Waals surface area contributed by atoms with E-state index >= 15 is 0 Å². The Balaban J connectivity index is 1.38. The summed E-state index contributed by atoms with van der Waals surface area (Å²) in [6.45, 7) is 3.35. The predicted octanol–water partition coefficient (Wildman–Crippen LogP) is 3.66. The van der Waals surface area contributed by atoms with Gasteiger partial charge in [-0.2, -0.15) is 0 Å². The number of hydrogen-bond acceptors (Lipinski definition) is 4. The van der Waals surface area contributed by atoms with Crippen LogP contribution in [-0.2, 0) is 0 Å². The highest BCUT2D eigenvalue weighted by Gasteiger charge is 2.25. The van der Waals surface area contributed by atoms with E-state index in [1.807, 2.05) is 0 Å². The number of nitrogens with one attached hydrogen (secondary N) is 2. The normalized spacial score (nSPS) is 24.7. The highest BCUT2D eigenvalue weighted by atomic mass is 15.0. The van der Waals surface area contributed by atoms with E-state index in [-0.39, 0.29) is 0 Å². The summed E-state index contributed by atoms with van der Waals surface area (Å²) in [6.07, 6.45) is 9.52. The lowest BCUT2D eigenvalue weighted by atomic mass is 9.91. The number of hydrogen-bond donors (Lipinski definition) is 2. The smallest absolute Gasteiger partial charge is 0.137 e. The lowest BCUT2D eigenvalue weighted by Gasteiger charge is -2.30. The number of anilines is 1. The Labute approximate surface area is 138 Å². The van der Waals surface area contributed by atoms with Gasteiger partial charge in [0.15, 0.2) is 0 Å². The van der Waals surface area contributed by atoms with Gasteiger partial charge in [-0.1, -0.05) is 11.6 Å². The number of fused-ring (bicyclic) bond motifs is 1. The molecule has 2 aromatic rings. The van der Waals surface area contributed by atoms with Crippen molar-refractivity contribution < 1.29 is 0 Å². The van der Waals surface area contributed by atoms with Crippen LogP contribution in [0.4, 0.5) is 5.82 Å². The Morgan fingerprint density at radius 1 is 1.00 bits per heavy atom. The molecular weight excluding hydrogens is 284 g/mol. The molecule has 1 heterocycles. The summed E-state index contributed by atoms with van der Waals surface area (Å²) in [5, 5.41) is 8.56. The number of benzene rings is 1. The van der Waals surface area contributed by atoms with Crippen molar-refractivity contribution in [3.05, 3.63) is 30.1 Å². The van der Waals surface area contributed by atoms with Crippen molar-refractivity contribution in [2.45, 2.75) is 57.5 Å². The van der Waals surface area contributed by atoms with Crippen LogP contribution in [0.3, 0.4) is 0 Å². The van der Waals surface area contributed by atoms with Gasteiger partial charge in [0.2, 0.25) is 0 Å². The molecule has 0 aliphatic heterocycles. The van der Waals surface area contributed by atoms with E-state index in [0.29, 0.717) is 6.04 Å². The molecular formula is C19H26N4. The van der Waals surface area contributed by atoms with Gasteiger partial charge in [-0.15, -0.1) is 0 Å². The molecule has 0 unspecified atom stereocenters. The molecule has 2 N–H and O–H groups in total. The Morgan fingerprint density at radius 2 is 1.78 bits per heavy atom. The first-order valence-electron chi connectivity index (χ1n) is 8.99. The highest BCUT2D eigenvalue weighted by molar-refractivity contribution is 5.89. The Hall–Kier alpha value is -1.68. The minimum atomic E-state index is 0.535. The van der Waals surface area contributed by atoms with Gasteiger partial charge in [-0.25, -0.2) is 9.97 Å². The van der Waals surface area contributed by atoms with Crippen LogP contribution in [0.5, 0.6) is 0 Å². The van der Waals surface area contributed by atoms with E-state index in [2.05, 4.69) is 45.7 Å². The third kappa shape index (κ3) is 3.63. The number of aryl methyl sites for hydroxylation is 1. The quantitative estimate of drug-likeness (QED) is 0.885. The van der Waals surface area contributed by atoms with Crippen molar-refractivity contribution in [1.29, 1.82) is 0 Å². The second kappa shape index (κ2) is 6.44. The van der Waals surface area contributed by atoms with Gasteiger partial charge in [-0.05, 0) is 70.0 Å². The molecule has 0 atom stereocenters. The zero-order chi connectivity index (χ0) is 15.6. The minimum absolute atomic E-state index is 0.535. The average Bonchev–Trinajstić information content (AvgIpc) is 3.39. The zero-order valence-electron chi connectivity index (χ0n) is 13.9. The van der Waals surface area contributed by atoms with E-state index in [1.54, 1.807) is 6.33 Å². The molecule has 0 bridgehead atoms. The van der Waals surface area contributed by atoms with Crippen molar-refractivity contribution in [3.8, 4) is 0 Å². The standard InChI is InChI=1S/C19H26N4/c1-13-2-9-18-17(10-13)19(22-12-21-18)23-16-7-5-15(6-8-16)20-11-14-3-4-14/h2,9-10,12,14-16,20H,3-8,11H2,1H3,(H,21,22,23)/t15-,16-. The molecule has 4 rings (SSSR count). The minimum Gasteiger partial charge on any atom is -0.367 e. The van der Waals surface area contributed by atoms with Gasteiger partial charge in [0.1, 0.15) is 12.1 Å². The van der Waals surface area contributed by atoms with Gasteiger partial charge in [-0.3, -0.25) is 0 Å². The topological polar surface area (TPSA) is 49.8 Å². The molecule has 0 spiro atoms. The molecule has 0 saturated heterocycles. The number of rotatable bonds is 5. The largest absolute Gasteiger partial charge is 0.367 e. The first-order valence-corrected chi connectivity index (χ1v) is 8.99. The summed E-state index contributed by atoms with van der Waals surface area (Å²) in [5.41, 5.74) is 2.27. The second-order valence-corrected chi connectivity index (χ2v) is 7.29. The molecule has 0 amide bonds. The predicted molar refractivity (Wildman–Crippen MR) is 94.7 cm³/mol. The molecule has 2 aliphatic carbocycles. The van der Waals surface area contributed by atoms with Gasteiger partial charge in [0.25, 0.3) is 0 Å². The molecule has 1 aromatic carbocycles. The maximum absolute atomic E-state index is 4.49. The van der Waals surface area contributed by atoms with Crippen LogP contribution in [0, 0.1) is 12.8 Å². The molecule has 2 aliphatic rings. The van der Waals surface area contributed by atoms with E-state index in [9.17, 15) is 0 Å². The monoisotopic (exact) mass is 310 g/mol. The van der Waals surface area contributed by atoms with Crippen molar-refractivity contribution in [2.75, 3.05) is 11.9 Å². The van der Waals surface area contributed by atoms with E-state index in [0.717, 1.165) is 28.7 Å². The fourth-order valence-electron chi connectivity index (χ4n) is 3.58. The van der Waals surface area contributed by atoms with Crippen molar-refractivity contribution in [2.24, 2.45) is 5.92 Å². The van der Waals surface area contributed by atoms with Crippen LogP contribution in [0.2, 0.25) is 0 Å². The molecule has 122 valence electrons. The summed E-state index contributed by atoms with van der Waals surface area (Å²) >= 11 is 0. The maximum Gasteiger partial charge on any atom is 0.137 e. The first kappa shape index (κ1) is 14.9. The lowest BCUT2D eigenvalue weighted by Crippen LogP contribution is -2.37. The Kier molecular flexibility index (Phi) is 4.17. The summed E-state index contributed by atoms with van der Waals surface area (Å²) in [4.78, 5) is 8.86. The van der Waals surface area contributed by atoms with Crippen LogP contribution in [0.15, 0.2) is 24.5 Å². The van der Waals surface area contributed by atoms with Crippen molar-refractivity contribution in [3.63, 3.8) is 0 Å². The van der Waals surface area contributed by atoms with E-state index < -0.39 is 0 Å². The van der Waals surface area contributed by atoms with Gasteiger partial charge in [0.05, 0.1) is 5.52 Å². The van der Waals surface area contributed by atoms with Gasteiger partial charge < -0.3 is 10.6 Å². The first-order chi connectivity index (χ1) is 11.3. The number of nitrogens with zero attached hydrogens (tertiary/aromatic N) is 2. The summed E-state index contributed by atoms with van der Waals surface area (Å²) in [6, 6.07) is 7.62. The fraction of sp³-hybridized carbons (Fsp3) is 0.579. The molecule has 0 radical (unpaired) electrons. The fourth-order valence-corrected chi connectivity index (χ4v) is 3.58. The highest BCUT2D eigenvalue weighted by Crippen LogP contribution is 2.29. The second-order valence-electron chi connectivity index (χ2n) is 7.29. The summed E-state index contributed by atoms with van der Waals surface area (Å²) < 4.78 is 0. The van der Waals surface area contributed by atoms with Crippen LogP contribution >= 0.6 is 0 Å². The van der Waals surface area contributed by atoms with Crippen molar-refractivity contribution in [1.82, 2.24) is 15.3 Å². The van der Waals surface area contributed by atoms with Gasteiger partial charge >= 0.3 is 0 Å². The molecule has 4 nitrogen and oxygen atoms in total. The third-order valence-electron chi connectivity index (χ3n) is 5.25. The molecule has 23 heavy (non-hydrogen) atoms.